The molecule has 1 aliphatic heterocycles. The SMILES string of the molecule is CC(C(=O)N1CCC1C(N)=O)C(N)=S. The van der Waals surface area contributed by atoms with E-state index in [2.05, 4.69) is 0 Å². The van der Waals surface area contributed by atoms with Crippen molar-refractivity contribution in [3.63, 3.8) is 0 Å². The minimum absolute atomic E-state index is 0.144. The molecular formula is C8H13N3O2S. The quantitative estimate of drug-likeness (QED) is 0.591. The zero-order chi connectivity index (χ0) is 10.9. The van der Waals surface area contributed by atoms with Gasteiger partial charge in [0.15, 0.2) is 0 Å². The van der Waals surface area contributed by atoms with Crippen LogP contribution in [0.1, 0.15) is 13.3 Å². The normalized spacial score (nSPS) is 22.4. The van der Waals surface area contributed by atoms with Gasteiger partial charge >= 0.3 is 0 Å². The van der Waals surface area contributed by atoms with Gasteiger partial charge in [0.05, 0.1) is 10.9 Å². The Morgan fingerprint density at radius 3 is 2.36 bits per heavy atom. The molecule has 6 heteroatoms. The number of carbonyl (C=O) groups is 2. The van der Waals surface area contributed by atoms with Gasteiger partial charge in [-0.3, -0.25) is 9.59 Å². The summed E-state index contributed by atoms with van der Waals surface area (Å²) in [7, 11) is 0. The number of hydrogen-bond acceptors (Lipinski definition) is 3. The molecule has 0 aliphatic carbocycles. The van der Waals surface area contributed by atoms with Crippen molar-refractivity contribution in [2.75, 3.05) is 6.54 Å². The van der Waals surface area contributed by atoms with Crippen LogP contribution in [0.25, 0.3) is 0 Å². The van der Waals surface area contributed by atoms with E-state index in [1.54, 1.807) is 6.92 Å². The second-order valence-electron chi connectivity index (χ2n) is 3.36. The Labute approximate surface area is 87.4 Å². The molecule has 0 radical (unpaired) electrons. The Kier molecular flexibility index (Phi) is 3.05. The Bertz CT molecular complexity index is 292. The van der Waals surface area contributed by atoms with E-state index >= 15 is 0 Å². The number of nitrogens with zero attached hydrogens (tertiary/aromatic N) is 1. The van der Waals surface area contributed by atoms with E-state index in [0.717, 1.165) is 0 Å². The van der Waals surface area contributed by atoms with Crippen molar-refractivity contribution in [2.45, 2.75) is 19.4 Å². The number of hydrogen-bond donors (Lipinski definition) is 2. The second kappa shape index (κ2) is 3.91. The highest BCUT2D eigenvalue weighted by Gasteiger charge is 2.38. The lowest BCUT2D eigenvalue weighted by atomic mass is 9.99. The molecule has 0 spiro atoms. The third kappa shape index (κ3) is 1.84. The third-order valence-electron chi connectivity index (χ3n) is 2.43. The van der Waals surface area contributed by atoms with Gasteiger partial charge in [0, 0.05) is 6.54 Å². The summed E-state index contributed by atoms with van der Waals surface area (Å²) in [5.74, 6) is -1.21. The lowest BCUT2D eigenvalue weighted by Crippen LogP contribution is -2.59. The Hall–Kier alpha value is -1.17. The molecule has 0 aromatic carbocycles. The Balaban J connectivity index is 2.62. The van der Waals surface area contributed by atoms with E-state index in [9.17, 15) is 9.59 Å². The van der Waals surface area contributed by atoms with Crippen LogP contribution in [-0.2, 0) is 9.59 Å². The van der Waals surface area contributed by atoms with Crippen LogP contribution in [0.3, 0.4) is 0 Å². The standard InChI is InChI=1S/C8H13N3O2S/c1-4(7(10)14)8(13)11-3-2-5(11)6(9)12/h4-5H,2-3H2,1H3,(H2,9,12)(H2,10,14). The van der Waals surface area contributed by atoms with Crippen LogP contribution in [0.15, 0.2) is 0 Å². The average Bonchev–Trinajstić information content (AvgIpc) is 1.99. The highest BCUT2D eigenvalue weighted by molar-refractivity contribution is 7.80. The maximum Gasteiger partial charge on any atom is 0.240 e. The topological polar surface area (TPSA) is 89.4 Å². The summed E-state index contributed by atoms with van der Waals surface area (Å²) in [5, 5.41) is 0. The summed E-state index contributed by atoms with van der Waals surface area (Å²) in [4.78, 5) is 24.1. The predicted octanol–water partition coefficient (Wildman–Crippen LogP) is -1.01. The first-order chi connectivity index (χ1) is 6.45. The van der Waals surface area contributed by atoms with Crippen LogP contribution in [0.5, 0.6) is 0 Å². The maximum absolute atomic E-state index is 11.6. The highest BCUT2D eigenvalue weighted by Crippen LogP contribution is 2.19. The first kappa shape index (κ1) is 10.9. The molecule has 4 N–H and O–H groups in total. The molecule has 2 unspecified atom stereocenters. The molecule has 1 fully saturated rings. The van der Waals surface area contributed by atoms with Gasteiger partial charge in [-0.05, 0) is 13.3 Å². The third-order valence-corrected chi connectivity index (χ3v) is 2.78. The molecule has 0 bridgehead atoms. The minimum atomic E-state index is -0.521. The minimum Gasteiger partial charge on any atom is -0.393 e. The number of primary amides is 1. The van der Waals surface area contributed by atoms with Crippen LogP contribution < -0.4 is 11.5 Å². The zero-order valence-electron chi connectivity index (χ0n) is 7.90. The van der Waals surface area contributed by atoms with Gasteiger partial charge < -0.3 is 16.4 Å². The van der Waals surface area contributed by atoms with Crippen molar-refractivity contribution in [3.8, 4) is 0 Å². The Morgan fingerprint density at radius 1 is 1.50 bits per heavy atom. The van der Waals surface area contributed by atoms with Crippen LogP contribution in [0.2, 0.25) is 0 Å². The fourth-order valence-corrected chi connectivity index (χ4v) is 1.42. The highest BCUT2D eigenvalue weighted by atomic mass is 32.1. The number of likely N-dealkylation sites (tertiary alicyclic amines) is 1. The predicted molar refractivity (Wildman–Crippen MR) is 55.3 cm³/mol. The van der Waals surface area contributed by atoms with Gasteiger partial charge in [0.25, 0.3) is 0 Å². The van der Waals surface area contributed by atoms with Gasteiger partial charge in [-0.25, -0.2) is 0 Å². The van der Waals surface area contributed by atoms with Crippen molar-refractivity contribution in [2.24, 2.45) is 17.4 Å². The number of nitrogens with two attached hydrogens (primary N) is 2. The van der Waals surface area contributed by atoms with Crippen LogP contribution in [-0.4, -0.2) is 34.3 Å². The van der Waals surface area contributed by atoms with Crippen LogP contribution in [0.4, 0.5) is 0 Å². The lowest BCUT2D eigenvalue weighted by molar-refractivity contribution is -0.147. The molecular weight excluding hydrogens is 202 g/mol. The number of carbonyl (C=O) groups excluding carboxylic acids is 2. The van der Waals surface area contributed by atoms with E-state index in [1.165, 1.54) is 4.90 Å². The molecule has 5 nitrogen and oxygen atoms in total. The molecule has 1 rings (SSSR count). The Morgan fingerprint density at radius 2 is 2.07 bits per heavy atom. The summed E-state index contributed by atoms with van der Waals surface area (Å²) in [6.07, 6.45) is 0.630. The number of thiocarbonyl (C=S) groups is 1. The van der Waals surface area contributed by atoms with Crippen molar-refractivity contribution in [3.05, 3.63) is 0 Å². The van der Waals surface area contributed by atoms with Gasteiger partial charge in [0.1, 0.15) is 6.04 Å². The summed E-state index contributed by atoms with van der Waals surface area (Å²) < 4.78 is 0. The van der Waals surface area contributed by atoms with Crippen molar-refractivity contribution in [1.82, 2.24) is 4.90 Å². The first-order valence-electron chi connectivity index (χ1n) is 4.34. The molecule has 0 aromatic heterocycles. The molecule has 0 saturated carbocycles. The second-order valence-corrected chi connectivity index (χ2v) is 3.83. The summed E-state index contributed by atoms with van der Waals surface area (Å²) in [6.45, 7) is 2.18. The van der Waals surface area contributed by atoms with E-state index in [-0.39, 0.29) is 10.9 Å². The largest absolute Gasteiger partial charge is 0.393 e. The number of rotatable bonds is 3. The monoisotopic (exact) mass is 215 g/mol. The molecule has 2 amide bonds. The van der Waals surface area contributed by atoms with Gasteiger partial charge in [0.2, 0.25) is 11.8 Å². The van der Waals surface area contributed by atoms with Crippen LogP contribution in [0, 0.1) is 5.92 Å². The smallest absolute Gasteiger partial charge is 0.240 e. The molecule has 1 saturated heterocycles. The number of amides is 2. The maximum atomic E-state index is 11.6. The molecule has 0 aromatic rings. The van der Waals surface area contributed by atoms with Crippen molar-refractivity contribution < 1.29 is 9.59 Å². The summed E-state index contributed by atoms with van der Waals surface area (Å²) in [6, 6.07) is -0.473. The summed E-state index contributed by atoms with van der Waals surface area (Å²) >= 11 is 4.70. The average molecular weight is 215 g/mol. The fourth-order valence-electron chi connectivity index (χ4n) is 1.32. The summed E-state index contributed by atoms with van der Waals surface area (Å²) in [5.41, 5.74) is 10.4. The molecule has 78 valence electrons. The fraction of sp³-hybridized carbons (Fsp3) is 0.625. The van der Waals surface area contributed by atoms with Crippen molar-refractivity contribution >= 4 is 29.0 Å². The van der Waals surface area contributed by atoms with Crippen molar-refractivity contribution in [1.29, 1.82) is 0 Å². The van der Waals surface area contributed by atoms with E-state index in [0.29, 0.717) is 13.0 Å². The van der Waals surface area contributed by atoms with Crippen LogP contribution >= 0.6 is 12.2 Å². The first-order valence-corrected chi connectivity index (χ1v) is 4.75. The van der Waals surface area contributed by atoms with E-state index < -0.39 is 17.9 Å². The van der Waals surface area contributed by atoms with E-state index in [1.807, 2.05) is 0 Å². The lowest BCUT2D eigenvalue weighted by Gasteiger charge is -2.40. The zero-order valence-corrected chi connectivity index (χ0v) is 8.71. The molecule has 14 heavy (non-hydrogen) atoms. The van der Waals surface area contributed by atoms with Gasteiger partial charge in [-0.1, -0.05) is 12.2 Å². The van der Waals surface area contributed by atoms with E-state index in [4.69, 9.17) is 23.7 Å². The van der Waals surface area contributed by atoms with Gasteiger partial charge in [-0.15, -0.1) is 0 Å². The molecule has 1 heterocycles. The molecule has 1 aliphatic rings. The van der Waals surface area contributed by atoms with Gasteiger partial charge in [-0.2, -0.15) is 0 Å². The molecule has 2 atom stereocenters.